The molecule has 2 aromatic heterocycles. The van der Waals surface area contributed by atoms with Gasteiger partial charge in [0.05, 0.1) is 29.5 Å². The van der Waals surface area contributed by atoms with Crippen LogP contribution in [0.5, 0.6) is 5.75 Å². The minimum absolute atomic E-state index is 0.0112. The maximum absolute atomic E-state index is 13.4. The lowest BCUT2D eigenvalue weighted by Gasteiger charge is -2.11. The van der Waals surface area contributed by atoms with E-state index in [-0.39, 0.29) is 10.6 Å². The highest BCUT2D eigenvalue weighted by Gasteiger charge is 2.24. The zero-order valence-electron chi connectivity index (χ0n) is 21.5. The first-order chi connectivity index (χ1) is 18.7. The first-order valence-electron chi connectivity index (χ1n) is 12.4. The highest BCUT2D eigenvalue weighted by Crippen LogP contribution is 2.33. The van der Waals surface area contributed by atoms with E-state index in [1.807, 2.05) is 50.2 Å². The van der Waals surface area contributed by atoms with E-state index in [1.165, 1.54) is 12.1 Å². The van der Waals surface area contributed by atoms with Gasteiger partial charge in [-0.15, -0.1) is 0 Å². The van der Waals surface area contributed by atoms with E-state index in [0.717, 1.165) is 43.9 Å². The number of ether oxygens (including phenoxy) is 1. The van der Waals surface area contributed by atoms with E-state index < -0.39 is 15.9 Å². The molecule has 0 spiro atoms. The standard InChI is InChI=1S/C30H27ClN2O5S/c1-19-16-22(17-20(2)27(19)31)38-14-7-12-26-25-11-6-10-24(21-13-15-37-18-21)28(25)32-29(26)30(34)33-39(35,36)23-8-4-3-5-9-23/h3-6,8-11,13,15-18,32H,7,12,14H2,1-2H3,(H,33,34). The van der Waals surface area contributed by atoms with Gasteiger partial charge in [-0.25, -0.2) is 13.1 Å². The highest BCUT2D eigenvalue weighted by molar-refractivity contribution is 7.90. The molecule has 1 amide bonds. The number of halogens is 1. The average molecular weight is 563 g/mol. The summed E-state index contributed by atoms with van der Waals surface area (Å²) in [7, 11) is -4.06. The van der Waals surface area contributed by atoms with E-state index in [4.69, 9.17) is 20.8 Å². The first kappa shape index (κ1) is 26.6. The SMILES string of the molecule is Cc1cc(OCCCc2c(C(=O)NS(=O)(=O)c3ccccc3)[nH]c3c(-c4ccoc4)cccc23)cc(C)c1Cl. The van der Waals surface area contributed by atoms with Gasteiger partial charge in [0, 0.05) is 21.5 Å². The van der Waals surface area contributed by atoms with Crippen molar-refractivity contribution >= 4 is 38.4 Å². The van der Waals surface area contributed by atoms with Crippen LogP contribution in [0.1, 0.15) is 33.6 Å². The zero-order valence-corrected chi connectivity index (χ0v) is 23.0. The molecule has 200 valence electrons. The van der Waals surface area contributed by atoms with Crippen molar-refractivity contribution < 1.29 is 22.4 Å². The Kier molecular flexibility index (Phi) is 7.50. The number of para-hydroxylation sites is 1. The third-order valence-corrected chi connectivity index (χ3v) is 8.47. The topological polar surface area (TPSA) is 101 Å². The van der Waals surface area contributed by atoms with Crippen LogP contribution < -0.4 is 9.46 Å². The molecule has 5 rings (SSSR count). The van der Waals surface area contributed by atoms with Crippen molar-refractivity contribution in [3.05, 3.63) is 107 Å². The summed E-state index contributed by atoms with van der Waals surface area (Å²) in [6.45, 7) is 4.26. The largest absolute Gasteiger partial charge is 0.494 e. The number of aromatic nitrogens is 1. The number of aromatic amines is 1. The molecule has 0 aliphatic heterocycles. The van der Waals surface area contributed by atoms with Gasteiger partial charge in [-0.05, 0) is 73.7 Å². The number of rotatable bonds is 9. The van der Waals surface area contributed by atoms with Crippen molar-refractivity contribution in [1.82, 2.24) is 9.71 Å². The van der Waals surface area contributed by atoms with Crippen LogP contribution in [-0.2, 0) is 16.4 Å². The fraction of sp³-hybridized carbons (Fsp3) is 0.167. The molecule has 2 heterocycles. The van der Waals surface area contributed by atoms with Gasteiger partial charge in [0.15, 0.2) is 0 Å². The zero-order chi connectivity index (χ0) is 27.6. The molecular formula is C30H27ClN2O5S. The molecule has 0 fully saturated rings. The van der Waals surface area contributed by atoms with E-state index in [1.54, 1.807) is 30.7 Å². The number of amides is 1. The summed E-state index contributed by atoms with van der Waals surface area (Å²) in [4.78, 5) is 16.6. The number of hydrogen-bond acceptors (Lipinski definition) is 5. The minimum atomic E-state index is -4.06. The second kappa shape index (κ2) is 11.0. The fourth-order valence-corrected chi connectivity index (χ4v) is 5.73. The summed E-state index contributed by atoms with van der Waals surface area (Å²) in [6, 6.07) is 19.2. The Hall–Kier alpha value is -4.01. The predicted octanol–water partition coefficient (Wildman–Crippen LogP) is 6.83. The highest BCUT2D eigenvalue weighted by atomic mass is 35.5. The molecule has 0 saturated heterocycles. The van der Waals surface area contributed by atoms with Crippen LogP contribution in [0, 0.1) is 13.8 Å². The van der Waals surface area contributed by atoms with Crippen LogP contribution in [0.4, 0.5) is 0 Å². The summed E-state index contributed by atoms with van der Waals surface area (Å²) in [6.07, 6.45) is 4.28. The normalized spacial score (nSPS) is 11.6. The molecule has 2 N–H and O–H groups in total. The molecule has 0 radical (unpaired) electrons. The first-order valence-corrected chi connectivity index (χ1v) is 14.3. The number of aryl methyl sites for hydroxylation is 3. The quantitative estimate of drug-likeness (QED) is 0.192. The second-order valence-electron chi connectivity index (χ2n) is 9.29. The number of sulfonamides is 1. The van der Waals surface area contributed by atoms with Gasteiger partial charge >= 0.3 is 0 Å². The van der Waals surface area contributed by atoms with Crippen molar-refractivity contribution in [1.29, 1.82) is 0 Å². The fourth-order valence-electron chi connectivity index (χ4n) is 4.65. The van der Waals surface area contributed by atoms with Crippen molar-refractivity contribution in [3.63, 3.8) is 0 Å². The van der Waals surface area contributed by atoms with Crippen LogP contribution in [0.2, 0.25) is 5.02 Å². The second-order valence-corrected chi connectivity index (χ2v) is 11.3. The van der Waals surface area contributed by atoms with Crippen molar-refractivity contribution in [2.24, 2.45) is 0 Å². The molecule has 0 bridgehead atoms. The summed E-state index contributed by atoms with van der Waals surface area (Å²) < 4.78 is 39.3. The summed E-state index contributed by atoms with van der Waals surface area (Å²) in [5.41, 5.74) is 5.19. The number of fused-ring (bicyclic) bond motifs is 1. The Balaban J connectivity index is 1.45. The monoisotopic (exact) mass is 562 g/mol. The maximum atomic E-state index is 13.4. The van der Waals surface area contributed by atoms with Crippen LogP contribution in [0.25, 0.3) is 22.0 Å². The van der Waals surface area contributed by atoms with Crippen LogP contribution in [-0.4, -0.2) is 25.9 Å². The minimum Gasteiger partial charge on any atom is -0.494 e. The van der Waals surface area contributed by atoms with Crippen LogP contribution in [0.3, 0.4) is 0 Å². The number of nitrogens with one attached hydrogen (secondary N) is 2. The number of furan rings is 1. The molecule has 39 heavy (non-hydrogen) atoms. The van der Waals surface area contributed by atoms with Crippen molar-refractivity contribution in [2.75, 3.05) is 6.61 Å². The van der Waals surface area contributed by atoms with E-state index >= 15 is 0 Å². The van der Waals surface area contributed by atoms with Gasteiger partial charge in [0.1, 0.15) is 11.4 Å². The molecule has 0 aliphatic carbocycles. The third kappa shape index (κ3) is 5.57. The molecule has 0 unspecified atom stereocenters. The van der Waals surface area contributed by atoms with E-state index in [0.29, 0.717) is 25.0 Å². The Bertz CT molecular complexity index is 1720. The Morgan fingerprint density at radius 1 is 1.03 bits per heavy atom. The molecule has 3 aromatic carbocycles. The lowest BCUT2D eigenvalue weighted by Crippen LogP contribution is -2.31. The van der Waals surface area contributed by atoms with Crippen LogP contribution in [0.15, 0.2) is 88.6 Å². The smallest absolute Gasteiger partial charge is 0.281 e. The Morgan fingerprint density at radius 3 is 2.46 bits per heavy atom. The summed E-state index contributed by atoms with van der Waals surface area (Å²) >= 11 is 6.27. The Morgan fingerprint density at radius 2 is 1.77 bits per heavy atom. The molecule has 0 saturated carbocycles. The summed E-state index contributed by atoms with van der Waals surface area (Å²) in [5.74, 6) is -0.00411. The number of H-pyrrole nitrogens is 1. The summed E-state index contributed by atoms with van der Waals surface area (Å²) in [5, 5.41) is 1.55. The van der Waals surface area contributed by atoms with Gasteiger partial charge in [-0.1, -0.05) is 48.0 Å². The van der Waals surface area contributed by atoms with Gasteiger partial charge in [0.25, 0.3) is 15.9 Å². The molecule has 0 atom stereocenters. The van der Waals surface area contributed by atoms with Gasteiger partial charge in [0.2, 0.25) is 0 Å². The van der Waals surface area contributed by atoms with Crippen molar-refractivity contribution in [2.45, 2.75) is 31.6 Å². The average Bonchev–Trinajstić information content (AvgIpc) is 3.58. The number of carbonyl (C=O) groups is 1. The lowest BCUT2D eigenvalue weighted by atomic mass is 10.0. The van der Waals surface area contributed by atoms with Gasteiger partial charge in [-0.2, -0.15) is 0 Å². The van der Waals surface area contributed by atoms with E-state index in [2.05, 4.69) is 9.71 Å². The molecular weight excluding hydrogens is 536 g/mol. The molecule has 9 heteroatoms. The number of carbonyl (C=O) groups excluding carboxylic acids is 1. The van der Waals surface area contributed by atoms with E-state index in [9.17, 15) is 13.2 Å². The number of hydrogen-bond donors (Lipinski definition) is 2. The van der Waals surface area contributed by atoms with Gasteiger partial charge in [-0.3, -0.25) is 4.79 Å². The molecule has 5 aromatic rings. The Labute approximate surface area is 231 Å². The van der Waals surface area contributed by atoms with Crippen molar-refractivity contribution in [3.8, 4) is 16.9 Å². The van der Waals surface area contributed by atoms with Crippen LogP contribution >= 0.6 is 11.6 Å². The number of benzene rings is 3. The lowest BCUT2D eigenvalue weighted by molar-refractivity contribution is 0.0976. The van der Waals surface area contributed by atoms with Gasteiger partial charge < -0.3 is 14.1 Å². The third-order valence-electron chi connectivity index (χ3n) is 6.53. The molecule has 0 aliphatic rings. The molecule has 7 nitrogen and oxygen atoms in total. The maximum Gasteiger partial charge on any atom is 0.281 e. The predicted molar refractivity (Wildman–Crippen MR) is 152 cm³/mol.